The Balaban J connectivity index is 1.34. The SMILES string of the molecule is CCc1ccoc1C(=O)N[C@H](C(=O)Nc1ccc([C@H](C)[C@@H](NC(=O)c2cnns2)C(=O)N2CCN(C)CC2)cc1F)[C@H]1CC[C@H](C)CC1. The quantitative estimate of drug-likeness (QED) is 0.274. The average Bonchev–Trinajstić information content (AvgIpc) is 3.80. The molecule has 5 rings (SSSR count). The predicted octanol–water partition coefficient (Wildman–Crippen LogP) is 4.07. The molecule has 4 amide bonds. The molecule has 3 aromatic rings. The first-order chi connectivity index (χ1) is 23.0. The number of halogens is 1. The zero-order valence-corrected chi connectivity index (χ0v) is 28.6. The summed E-state index contributed by atoms with van der Waals surface area (Å²) >= 11 is 0.919. The topological polar surface area (TPSA) is 150 Å². The maximum Gasteiger partial charge on any atom is 0.287 e. The molecule has 1 saturated carbocycles. The van der Waals surface area contributed by atoms with E-state index < -0.39 is 41.5 Å². The zero-order chi connectivity index (χ0) is 34.4. The maximum atomic E-state index is 15.7. The Morgan fingerprint density at radius 2 is 1.77 bits per heavy atom. The van der Waals surface area contributed by atoms with Crippen molar-refractivity contribution in [2.75, 3.05) is 38.5 Å². The van der Waals surface area contributed by atoms with Gasteiger partial charge in [0.05, 0.1) is 18.1 Å². The molecule has 2 fully saturated rings. The van der Waals surface area contributed by atoms with Gasteiger partial charge in [0.25, 0.3) is 11.8 Å². The lowest BCUT2D eigenvalue weighted by Gasteiger charge is -2.36. The monoisotopic (exact) mass is 681 g/mol. The second-order valence-electron chi connectivity index (χ2n) is 13.0. The van der Waals surface area contributed by atoms with Gasteiger partial charge in [0.1, 0.15) is 22.8 Å². The van der Waals surface area contributed by atoms with Crippen molar-refractivity contribution in [3.05, 3.63) is 64.3 Å². The Kier molecular flexibility index (Phi) is 11.6. The smallest absolute Gasteiger partial charge is 0.287 e. The highest BCUT2D eigenvalue weighted by Gasteiger charge is 2.36. The molecule has 3 N–H and O–H groups in total. The lowest BCUT2D eigenvalue weighted by molar-refractivity contribution is -0.135. The summed E-state index contributed by atoms with van der Waals surface area (Å²) in [5.41, 5.74) is 1.16. The molecule has 0 unspecified atom stereocenters. The Hall–Kier alpha value is -4.17. The fourth-order valence-electron chi connectivity index (χ4n) is 6.46. The van der Waals surface area contributed by atoms with Crippen molar-refractivity contribution in [1.29, 1.82) is 0 Å². The van der Waals surface area contributed by atoms with Gasteiger partial charge < -0.3 is 30.2 Å². The largest absolute Gasteiger partial charge is 0.459 e. The summed E-state index contributed by atoms with van der Waals surface area (Å²) in [7, 11) is 1.98. The highest BCUT2D eigenvalue weighted by Crippen LogP contribution is 2.32. The van der Waals surface area contributed by atoms with Gasteiger partial charge in [0.2, 0.25) is 11.8 Å². The van der Waals surface area contributed by atoms with Gasteiger partial charge in [-0.2, -0.15) is 0 Å². The number of likely N-dealkylation sites (N-methyl/N-ethyl adjacent to an activating group) is 1. The molecular formula is C34H44FN7O5S. The van der Waals surface area contributed by atoms with Gasteiger partial charge in [-0.05, 0) is 73.4 Å². The summed E-state index contributed by atoms with van der Waals surface area (Å²) in [6, 6.07) is 4.23. The number of nitrogens with zero attached hydrogens (tertiary/aromatic N) is 4. The number of rotatable bonds is 11. The van der Waals surface area contributed by atoms with Gasteiger partial charge in [0.15, 0.2) is 5.76 Å². The number of piperazine rings is 1. The van der Waals surface area contributed by atoms with E-state index in [1.54, 1.807) is 24.0 Å². The Morgan fingerprint density at radius 3 is 2.42 bits per heavy atom. The van der Waals surface area contributed by atoms with Crippen LogP contribution < -0.4 is 16.0 Å². The number of benzene rings is 1. The van der Waals surface area contributed by atoms with Crippen LogP contribution in [0.2, 0.25) is 0 Å². The summed E-state index contributed by atoms with van der Waals surface area (Å²) in [6.45, 7) is 8.25. The van der Waals surface area contributed by atoms with Gasteiger partial charge in [-0.3, -0.25) is 19.2 Å². The molecule has 1 aromatic carbocycles. The average molecular weight is 682 g/mol. The third kappa shape index (κ3) is 8.27. The first kappa shape index (κ1) is 35.1. The molecule has 3 heterocycles. The van der Waals surface area contributed by atoms with Gasteiger partial charge in [-0.25, -0.2) is 4.39 Å². The van der Waals surface area contributed by atoms with Crippen molar-refractivity contribution in [2.24, 2.45) is 11.8 Å². The van der Waals surface area contributed by atoms with E-state index in [1.807, 2.05) is 14.0 Å². The number of nitrogens with one attached hydrogen (secondary N) is 3. The number of carbonyl (C=O) groups is 4. The van der Waals surface area contributed by atoms with E-state index in [4.69, 9.17) is 4.42 Å². The fourth-order valence-corrected chi connectivity index (χ4v) is 6.88. The highest BCUT2D eigenvalue weighted by molar-refractivity contribution is 7.07. The van der Waals surface area contributed by atoms with Crippen LogP contribution in [0.1, 0.15) is 83.7 Å². The van der Waals surface area contributed by atoms with Gasteiger partial charge >= 0.3 is 0 Å². The normalized spacial score (nSPS) is 20.4. The predicted molar refractivity (Wildman–Crippen MR) is 179 cm³/mol. The molecular weight excluding hydrogens is 637 g/mol. The van der Waals surface area contributed by atoms with Crippen LogP contribution in [0.3, 0.4) is 0 Å². The van der Waals surface area contributed by atoms with E-state index in [1.165, 1.54) is 24.6 Å². The van der Waals surface area contributed by atoms with E-state index in [0.717, 1.165) is 42.8 Å². The zero-order valence-electron chi connectivity index (χ0n) is 27.8. The van der Waals surface area contributed by atoms with Crippen LogP contribution in [0.4, 0.5) is 10.1 Å². The van der Waals surface area contributed by atoms with Gasteiger partial charge in [-0.15, -0.1) is 5.10 Å². The maximum absolute atomic E-state index is 15.7. The van der Waals surface area contributed by atoms with E-state index in [-0.39, 0.29) is 28.1 Å². The molecule has 1 aliphatic heterocycles. The summed E-state index contributed by atoms with van der Waals surface area (Å²) in [5, 5.41) is 12.1. The molecule has 258 valence electrons. The van der Waals surface area contributed by atoms with Crippen LogP contribution in [0, 0.1) is 17.7 Å². The Morgan fingerprint density at radius 1 is 1.04 bits per heavy atom. The number of hydrogen-bond donors (Lipinski definition) is 3. The van der Waals surface area contributed by atoms with Crippen molar-refractivity contribution in [1.82, 2.24) is 30.0 Å². The minimum absolute atomic E-state index is 0.0478. The Bertz CT molecular complexity index is 1580. The summed E-state index contributed by atoms with van der Waals surface area (Å²) < 4.78 is 24.9. The van der Waals surface area contributed by atoms with Crippen molar-refractivity contribution >= 4 is 40.8 Å². The highest BCUT2D eigenvalue weighted by atomic mass is 32.1. The second-order valence-corrected chi connectivity index (χ2v) is 13.8. The lowest BCUT2D eigenvalue weighted by atomic mass is 9.79. The van der Waals surface area contributed by atoms with Crippen LogP contribution >= 0.6 is 11.5 Å². The summed E-state index contributed by atoms with van der Waals surface area (Å²) in [4.78, 5) is 57.8. The molecule has 1 aliphatic carbocycles. The van der Waals surface area contributed by atoms with Gasteiger partial charge in [0, 0.05) is 37.7 Å². The molecule has 48 heavy (non-hydrogen) atoms. The number of furan rings is 1. The Labute approximate surface area is 284 Å². The third-order valence-electron chi connectivity index (χ3n) is 9.66. The standard InChI is InChI=1S/C34H44FN7O5S/c1-5-22-12-17-47-30(22)33(45)39-29(23-8-6-20(2)7-9-23)32(44)37-26-11-10-24(18-25(26)35)21(3)28(38-31(43)27-19-36-40-48-27)34(46)42-15-13-41(4)14-16-42/h10-12,17-21,23,28-29H,5-9,13-16H2,1-4H3,(H,37,44)(H,38,43)(H,39,45)/t20-,21-,23-,28+,29-/m0/s1. The first-order valence-corrected chi connectivity index (χ1v) is 17.4. The fraction of sp³-hybridized carbons (Fsp3) is 0.529. The molecule has 1 saturated heterocycles. The van der Waals surface area contributed by atoms with Crippen LogP contribution in [0.25, 0.3) is 0 Å². The minimum atomic E-state index is -0.981. The third-order valence-corrected chi connectivity index (χ3v) is 10.3. The number of anilines is 1. The molecule has 2 aliphatic rings. The van der Waals surface area contributed by atoms with E-state index in [9.17, 15) is 19.2 Å². The van der Waals surface area contributed by atoms with Crippen LogP contribution in [0.15, 0.2) is 41.1 Å². The second kappa shape index (κ2) is 15.8. The number of hydrogen-bond acceptors (Lipinski definition) is 9. The van der Waals surface area contributed by atoms with Crippen molar-refractivity contribution in [3.8, 4) is 0 Å². The summed E-state index contributed by atoms with van der Waals surface area (Å²) in [5.74, 6) is -2.47. The van der Waals surface area contributed by atoms with Gasteiger partial charge in [-0.1, -0.05) is 44.2 Å². The molecule has 12 nitrogen and oxygen atoms in total. The number of carbonyl (C=O) groups excluding carboxylic acids is 4. The molecule has 3 atom stereocenters. The first-order valence-electron chi connectivity index (χ1n) is 16.6. The van der Waals surface area contributed by atoms with Crippen molar-refractivity contribution in [3.63, 3.8) is 0 Å². The number of amides is 4. The molecule has 0 radical (unpaired) electrons. The lowest BCUT2D eigenvalue weighted by Crippen LogP contribution is -2.55. The number of aromatic nitrogens is 2. The molecule has 0 bridgehead atoms. The van der Waals surface area contributed by atoms with Crippen molar-refractivity contribution < 1.29 is 28.0 Å². The van der Waals surface area contributed by atoms with E-state index in [2.05, 4.69) is 37.4 Å². The van der Waals surface area contributed by atoms with Crippen LogP contribution in [-0.4, -0.2) is 88.3 Å². The molecule has 14 heteroatoms. The minimum Gasteiger partial charge on any atom is -0.459 e. The van der Waals surface area contributed by atoms with Crippen LogP contribution in [0.5, 0.6) is 0 Å². The van der Waals surface area contributed by atoms with Crippen LogP contribution in [-0.2, 0) is 16.0 Å². The van der Waals surface area contributed by atoms with E-state index in [0.29, 0.717) is 44.1 Å². The summed E-state index contributed by atoms with van der Waals surface area (Å²) in [6.07, 6.45) is 6.74. The molecule has 2 aromatic heterocycles. The van der Waals surface area contributed by atoms with E-state index >= 15 is 4.39 Å². The van der Waals surface area contributed by atoms with Crippen molar-refractivity contribution in [2.45, 2.75) is 70.9 Å². The number of aryl methyl sites for hydroxylation is 1. The molecule has 0 spiro atoms.